The summed E-state index contributed by atoms with van der Waals surface area (Å²) in [5.41, 5.74) is 4.23. The first-order chi connectivity index (χ1) is 17.0. The third kappa shape index (κ3) is 2.01. The van der Waals surface area contributed by atoms with E-state index in [0.717, 1.165) is 65.3 Å². The zero-order valence-electron chi connectivity index (χ0n) is 19.2. The lowest BCUT2D eigenvalue weighted by molar-refractivity contribution is -0.173. The van der Waals surface area contributed by atoms with Gasteiger partial charge < -0.3 is 20.3 Å². The number of carbonyl (C=O) groups is 1. The van der Waals surface area contributed by atoms with Gasteiger partial charge in [-0.25, -0.2) is 4.98 Å². The summed E-state index contributed by atoms with van der Waals surface area (Å²) in [6.45, 7) is 1.92. The van der Waals surface area contributed by atoms with Gasteiger partial charge in [-0.05, 0) is 61.9 Å². The normalized spacial score (nSPS) is 33.3. The number of likely N-dealkylation sites (tertiary alicyclic amines) is 1. The van der Waals surface area contributed by atoms with Crippen molar-refractivity contribution in [3.05, 3.63) is 58.3 Å². The SMILES string of the molecule is O=C1Nc2c3c(nc4cccc1c24)[C@@H]1Oc2c(O)ccc4c2[C@@]12CCN(CC1CC1)[C@@H](C4)[C@]2(O)C3. The number of aromatic hydroxyl groups is 1. The van der Waals surface area contributed by atoms with E-state index in [1.807, 2.05) is 24.3 Å². The molecule has 2 bridgehead atoms. The fourth-order valence-corrected chi connectivity index (χ4v) is 8.20. The molecule has 176 valence electrons. The minimum atomic E-state index is -1.09. The van der Waals surface area contributed by atoms with E-state index in [1.54, 1.807) is 6.07 Å². The summed E-state index contributed by atoms with van der Waals surface area (Å²) in [4.78, 5) is 20.4. The van der Waals surface area contributed by atoms with E-state index in [-0.39, 0.29) is 17.7 Å². The van der Waals surface area contributed by atoms with Gasteiger partial charge in [0.2, 0.25) is 0 Å². The van der Waals surface area contributed by atoms with Crippen LogP contribution in [0.5, 0.6) is 11.5 Å². The van der Waals surface area contributed by atoms with Gasteiger partial charge in [0.05, 0.1) is 33.5 Å². The van der Waals surface area contributed by atoms with Crippen molar-refractivity contribution in [2.45, 2.75) is 55.3 Å². The van der Waals surface area contributed by atoms with Crippen LogP contribution in [0.1, 0.15) is 58.1 Å². The van der Waals surface area contributed by atoms with Crippen LogP contribution in [0.25, 0.3) is 10.9 Å². The van der Waals surface area contributed by atoms with E-state index in [0.29, 0.717) is 17.7 Å². The van der Waals surface area contributed by atoms with Crippen molar-refractivity contribution >= 4 is 22.5 Å². The van der Waals surface area contributed by atoms with Gasteiger partial charge in [-0.1, -0.05) is 12.1 Å². The molecular weight excluding hydrogens is 442 g/mol. The summed E-state index contributed by atoms with van der Waals surface area (Å²) in [5.74, 6) is 1.23. The molecule has 4 heterocycles. The number of benzene rings is 2. The molecule has 7 heteroatoms. The van der Waals surface area contributed by atoms with Crippen molar-refractivity contribution in [3.8, 4) is 11.5 Å². The van der Waals surface area contributed by atoms with Gasteiger partial charge in [0, 0.05) is 35.5 Å². The number of fused-ring (bicyclic) bond motifs is 3. The Kier molecular flexibility index (Phi) is 3.16. The Labute approximate surface area is 201 Å². The van der Waals surface area contributed by atoms with Crippen LogP contribution in [0.2, 0.25) is 0 Å². The fraction of sp³-hybridized carbons (Fsp3) is 0.429. The molecule has 0 radical (unpaired) electrons. The summed E-state index contributed by atoms with van der Waals surface area (Å²) in [6.07, 6.45) is 3.92. The summed E-state index contributed by atoms with van der Waals surface area (Å²) in [7, 11) is 0. The molecule has 1 amide bonds. The van der Waals surface area contributed by atoms with Crippen LogP contribution in [-0.2, 0) is 18.3 Å². The van der Waals surface area contributed by atoms with Gasteiger partial charge in [-0.15, -0.1) is 0 Å². The summed E-state index contributed by atoms with van der Waals surface area (Å²) in [5, 5.41) is 27.7. The van der Waals surface area contributed by atoms with Gasteiger partial charge in [-0.2, -0.15) is 0 Å². The van der Waals surface area contributed by atoms with E-state index in [1.165, 1.54) is 18.4 Å². The number of nitrogens with zero attached hydrogens (tertiary/aromatic N) is 2. The molecule has 1 aromatic heterocycles. The Balaban J connectivity index is 1.35. The number of aliphatic hydroxyl groups is 1. The quantitative estimate of drug-likeness (QED) is 0.536. The van der Waals surface area contributed by atoms with Gasteiger partial charge in [0.25, 0.3) is 5.91 Å². The van der Waals surface area contributed by atoms with Gasteiger partial charge >= 0.3 is 0 Å². The highest BCUT2D eigenvalue weighted by atomic mass is 16.5. The van der Waals surface area contributed by atoms with Crippen molar-refractivity contribution in [3.63, 3.8) is 0 Å². The van der Waals surface area contributed by atoms with E-state index in [2.05, 4.69) is 10.2 Å². The highest BCUT2D eigenvalue weighted by molar-refractivity contribution is 6.24. The number of amides is 1. The number of ether oxygens (including phenoxy) is 1. The average molecular weight is 468 g/mol. The molecule has 6 aliphatic rings. The van der Waals surface area contributed by atoms with Crippen molar-refractivity contribution in [2.75, 3.05) is 18.4 Å². The number of hydrogen-bond acceptors (Lipinski definition) is 6. The Bertz CT molecular complexity index is 1530. The molecule has 3 aliphatic carbocycles. The van der Waals surface area contributed by atoms with E-state index in [9.17, 15) is 15.0 Å². The zero-order valence-corrected chi connectivity index (χ0v) is 19.2. The second kappa shape index (κ2) is 5.79. The molecule has 1 saturated heterocycles. The average Bonchev–Trinajstić information content (AvgIpc) is 3.49. The number of carbonyl (C=O) groups excluding carboxylic acids is 1. The lowest BCUT2D eigenvalue weighted by Gasteiger charge is -2.63. The third-order valence-corrected chi connectivity index (χ3v) is 9.84. The molecule has 3 N–H and O–H groups in total. The van der Waals surface area contributed by atoms with Crippen LogP contribution in [-0.4, -0.2) is 50.7 Å². The number of pyridine rings is 1. The maximum absolute atomic E-state index is 12.9. The van der Waals surface area contributed by atoms with Crippen LogP contribution in [0, 0.1) is 5.92 Å². The van der Waals surface area contributed by atoms with Crippen LogP contribution >= 0.6 is 0 Å². The number of phenols is 1. The smallest absolute Gasteiger partial charge is 0.256 e. The fourth-order valence-electron chi connectivity index (χ4n) is 8.20. The summed E-state index contributed by atoms with van der Waals surface area (Å²) in [6, 6.07) is 9.34. The number of nitrogens with one attached hydrogen (secondary N) is 1. The Morgan fingerprint density at radius 3 is 2.97 bits per heavy atom. The van der Waals surface area contributed by atoms with Crippen molar-refractivity contribution in [1.82, 2.24) is 9.88 Å². The van der Waals surface area contributed by atoms with E-state index >= 15 is 0 Å². The predicted octanol–water partition coefficient (Wildman–Crippen LogP) is 3.21. The lowest BCUT2D eigenvalue weighted by Crippen LogP contribution is -2.74. The number of phenolic OH excluding ortho intramolecular Hbond substituents is 1. The molecule has 0 unspecified atom stereocenters. The minimum Gasteiger partial charge on any atom is -0.504 e. The molecule has 35 heavy (non-hydrogen) atoms. The number of hydrogen-bond donors (Lipinski definition) is 3. The molecule has 9 rings (SSSR count). The molecule has 3 aromatic rings. The van der Waals surface area contributed by atoms with Crippen molar-refractivity contribution < 1.29 is 19.7 Å². The molecule has 4 atom stereocenters. The monoisotopic (exact) mass is 467 g/mol. The highest BCUT2D eigenvalue weighted by Crippen LogP contribution is 2.69. The second-order valence-electron chi connectivity index (χ2n) is 11.4. The lowest BCUT2D eigenvalue weighted by atomic mass is 9.48. The maximum atomic E-state index is 12.9. The second-order valence-corrected chi connectivity index (χ2v) is 11.4. The van der Waals surface area contributed by atoms with Crippen molar-refractivity contribution in [1.29, 1.82) is 0 Å². The summed E-state index contributed by atoms with van der Waals surface area (Å²) < 4.78 is 6.62. The topological polar surface area (TPSA) is 94.9 Å². The maximum Gasteiger partial charge on any atom is 0.256 e. The van der Waals surface area contributed by atoms with Crippen LogP contribution in [0.3, 0.4) is 0 Å². The molecule has 7 nitrogen and oxygen atoms in total. The van der Waals surface area contributed by atoms with Crippen LogP contribution < -0.4 is 10.1 Å². The highest BCUT2D eigenvalue weighted by Gasteiger charge is 2.73. The largest absolute Gasteiger partial charge is 0.504 e. The molecule has 1 spiro atoms. The summed E-state index contributed by atoms with van der Waals surface area (Å²) >= 11 is 0. The third-order valence-electron chi connectivity index (χ3n) is 9.84. The first kappa shape index (κ1) is 19.1. The number of aromatic nitrogens is 1. The Morgan fingerprint density at radius 2 is 2.11 bits per heavy atom. The number of piperidine rings is 1. The van der Waals surface area contributed by atoms with Gasteiger partial charge in [-0.3, -0.25) is 9.69 Å². The Morgan fingerprint density at radius 1 is 1.23 bits per heavy atom. The molecular formula is C28H25N3O4. The zero-order chi connectivity index (χ0) is 23.3. The Hall–Kier alpha value is -3.16. The standard InChI is InChI=1S/C28H25N3O4/c32-18-7-6-14-10-19-28(34)11-16-22-20-15(26(33)30-22)2-1-3-17(20)29-23(16)25-27(28,21(14)24(18)35-25)8-9-31(19)12-13-4-5-13/h1-3,6-7,13,19,25,32,34H,4-5,8-12H2,(H,30,33)/t19-,25-,27-,28+/m0/s1. The van der Waals surface area contributed by atoms with Crippen molar-refractivity contribution in [2.24, 2.45) is 5.92 Å². The van der Waals surface area contributed by atoms with E-state index < -0.39 is 17.1 Å². The molecule has 2 aromatic carbocycles. The van der Waals surface area contributed by atoms with Crippen LogP contribution in [0.4, 0.5) is 5.69 Å². The first-order valence-corrected chi connectivity index (χ1v) is 12.7. The van der Waals surface area contributed by atoms with Crippen LogP contribution in [0.15, 0.2) is 30.3 Å². The molecule has 1 saturated carbocycles. The first-order valence-electron chi connectivity index (χ1n) is 12.7. The molecule has 2 fully saturated rings. The minimum absolute atomic E-state index is 0.0469. The number of rotatable bonds is 2. The predicted molar refractivity (Wildman–Crippen MR) is 128 cm³/mol. The van der Waals surface area contributed by atoms with Gasteiger partial charge in [0.15, 0.2) is 17.6 Å². The molecule has 3 aliphatic heterocycles. The number of anilines is 1. The van der Waals surface area contributed by atoms with E-state index in [4.69, 9.17) is 9.72 Å². The van der Waals surface area contributed by atoms with Gasteiger partial charge in [0.1, 0.15) is 0 Å².